The standard InChI is InChI=1S/C17H25NO2/c19-16(14-9-5-4-6-10-14)13-17(20)18-15-11-7-2-1-3-8-12-15/h4-6,9-10,15-16,19H,1-3,7-8,11-13H2,(H,18,20). The number of hydrogen-bond donors (Lipinski definition) is 2. The monoisotopic (exact) mass is 275 g/mol. The number of carbonyl (C=O) groups is 1. The van der Waals surface area contributed by atoms with Crippen molar-refractivity contribution in [1.29, 1.82) is 0 Å². The van der Waals surface area contributed by atoms with Crippen molar-refractivity contribution in [3.63, 3.8) is 0 Å². The fraction of sp³-hybridized carbons (Fsp3) is 0.588. The van der Waals surface area contributed by atoms with Crippen LogP contribution in [-0.4, -0.2) is 17.1 Å². The molecule has 0 aliphatic heterocycles. The maximum absolute atomic E-state index is 12.0. The van der Waals surface area contributed by atoms with Crippen molar-refractivity contribution in [3.8, 4) is 0 Å². The molecule has 1 unspecified atom stereocenters. The molecule has 1 aromatic carbocycles. The second kappa shape index (κ2) is 8.05. The van der Waals surface area contributed by atoms with Crippen LogP contribution in [0.3, 0.4) is 0 Å². The van der Waals surface area contributed by atoms with Crippen molar-refractivity contribution in [2.24, 2.45) is 0 Å². The maximum atomic E-state index is 12.0. The molecule has 0 radical (unpaired) electrons. The van der Waals surface area contributed by atoms with E-state index in [2.05, 4.69) is 5.32 Å². The van der Waals surface area contributed by atoms with Crippen LogP contribution in [0, 0.1) is 0 Å². The van der Waals surface area contributed by atoms with Crippen LogP contribution in [0.1, 0.15) is 63.0 Å². The minimum Gasteiger partial charge on any atom is -0.388 e. The molecule has 1 atom stereocenters. The van der Waals surface area contributed by atoms with Crippen LogP contribution >= 0.6 is 0 Å². The van der Waals surface area contributed by atoms with Gasteiger partial charge in [-0.25, -0.2) is 0 Å². The van der Waals surface area contributed by atoms with Gasteiger partial charge in [0.15, 0.2) is 0 Å². The number of aliphatic hydroxyl groups is 1. The molecular formula is C17H25NO2. The average molecular weight is 275 g/mol. The Morgan fingerprint density at radius 3 is 2.35 bits per heavy atom. The van der Waals surface area contributed by atoms with E-state index in [1.54, 1.807) is 0 Å². The Bertz CT molecular complexity index is 397. The molecule has 0 heterocycles. The largest absolute Gasteiger partial charge is 0.388 e. The molecule has 20 heavy (non-hydrogen) atoms. The number of benzene rings is 1. The van der Waals surface area contributed by atoms with Gasteiger partial charge in [-0.15, -0.1) is 0 Å². The summed E-state index contributed by atoms with van der Waals surface area (Å²) in [6.45, 7) is 0. The fourth-order valence-electron chi connectivity index (χ4n) is 2.86. The number of nitrogens with one attached hydrogen (secondary N) is 1. The molecule has 1 amide bonds. The maximum Gasteiger partial charge on any atom is 0.223 e. The van der Waals surface area contributed by atoms with E-state index >= 15 is 0 Å². The Balaban J connectivity index is 1.79. The van der Waals surface area contributed by atoms with E-state index in [-0.39, 0.29) is 12.3 Å². The van der Waals surface area contributed by atoms with E-state index in [1.165, 1.54) is 32.1 Å². The van der Waals surface area contributed by atoms with Gasteiger partial charge in [0.1, 0.15) is 0 Å². The lowest BCUT2D eigenvalue weighted by Gasteiger charge is -2.21. The molecule has 0 bridgehead atoms. The van der Waals surface area contributed by atoms with Gasteiger partial charge in [0.2, 0.25) is 5.91 Å². The van der Waals surface area contributed by atoms with Crippen molar-refractivity contribution in [2.75, 3.05) is 0 Å². The van der Waals surface area contributed by atoms with E-state index in [0.29, 0.717) is 6.04 Å². The van der Waals surface area contributed by atoms with E-state index < -0.39 is 6.10 Å². The predicted molar refractivity (Wildman–Crippen MR) is 80.3 cm³/mol. The van der Waals surface area contributed by atoms with Crippen molar-refractivity contribution < 1.29 is 9.90 Å². The van der Waals surface area contributed by atoms with Gasteiger partial charge in [-0.3, -0.25) is 4.79 Å². The van der Waals surface area contributed by atoms with Crippen molar-refractivity contribution in [3.05, 3.63) is 35.9 Å². The molecule has 1 aliphatic rings. The van der Waals surface area contributed by atoms with E-state index in [9.17, 15) is 9.90 Å². The molecule has 0 saturated heterocycles. The first-order valence-electron chi connectivity index (χ1n) is 7.78. The summed E-state index contributed by atoms with van der Waals surface area (Å²) in [7, 11) is 0. The smallest absolute Gasteiger partial charge is 0.223 e. The zero-order chi connectivity index (χ0) is 14.2. The lowest BCUT2D eigenvalue weighted by molar-refractivity contribution is -0.123. The third-order valence-electron chi connectivity index (χ3n) is 4.03. The highest BCUT2D eigenvalue weighted by Crippen LogP contribution is 2.19. The Morgan fingerprint density at radius 1 is 1.10 bits per heavy atom. The van der Waals surface area contributed by atoms with Crippen LogP contribution in [0.15, 0.2) is 30.3 Å². The molecule has 3 nitrogen and oxygen atoms in total. The summed E-state index contributed by atoms with van der Waals surface area (Å²) < 4.78 is 0. The average Bonchev–Trinajstić information content (AvgIpc) is 2.42. The highest BCUT2D eigenvalue weighted by molar-refractivity contribution is 5.76. The first kappa shape index (κ1) is 15.0. The van der Waals surface area contributed by atoms with Crippen LogP contribution < -0.4 is 5.32 Å². The molecule has 1 fully saturated rings. The molecule has 2 rings (SSSR count). The number of hydrogen-bond acceptors (Lipinski definition) is 2. The number of rotatable bonds is 4. The minimum atomic E-state index is -0.704. The van der Waals surface area contributed by atoms with Gasteiger partial charge in [0.25, 0.3) is 0 Å². The molecular weight excluding hydrogens is 250 g/mol. The van der Waals surface area contributed by atoms with Gasteiger partial charge in [-0.2, -0.15) is 0 Å². The Hall–Kier alpha value is -1.35. The lowest BCUT2D eigenvalue weighted by Crippen LogP contribution is -2.36. The summed E-state index contributed by atoms with van der Waals surface area (Å²) in [5.74, 6) is -0.0353. The van der Waals surface area contributed by atoms with Crippen LogP contribution in [0.2, 0.25) is 0 Å². The molecule has 1 aromatic rings. The van der Waals surface area contributed by atoms with Gasteiger partial charge in [0.05, 0.1) is 12.5 Å². The first-order chi connectivity index (χ1) is 9.75. The molecule has 110 valence electrons. The Labute approximate surface area is 121 Å². The first-order valence-corrected chi connectivity index (χ1v) is 7.78. The lowest BCUT2D eigenvalue weighted by atomic mass is 9.96. The summed E-state index contributed by atoms with van der Waals surface area (Å²) in [5, 5.41) is 13.1. The molecule has 0 aromatic heterocycles. The fourth-order valence-corrected chi connectivity index (χ4v) is 2.86. The van der Waals surface area contributed by atoms with E-state index in [0.717, 1.165) is 18.4 Å². The third-order valence-corrected chi connectivity index (χ3v) is 4.03. The van der Waals surface area contributed by atoms with Crippen molar-refractivity contribution >= 4 is 5.91 Å². The molecule has 2 N–H and O–H groups in total. The summed E-state index contributed by atoms with van der Waals surface area (Å²) in [4.78, 5) is 12.0. The normalized spacial score (nSPS) is 18.9. The minimum absolute atomic E-state index is 0.0353. The summed E-state index contributed by atoms with van der Waals surface area (Å²) >= 11 is 0. The quantitative estimate of drug-likeness (QED) is 0.885. The zero-order valence-electron chi connectivity index (χ0n) is 12.1. The SMILES string of the molecule is O=C(CC(O)c1ccccc1)NC1CCCCCCC1. The Kier molecular flexibility index (Phi) is 6.06. The van der Waals surface area contributed by atoms with Gasteiger partial charge < -0.3 is 10.4 Å². The molecule has 1 aliphatic carbocycles. The predicted octanol–water partition coefficient (Wildman–Crippen LogP) is 3.34. The summed E-state index contributed by atoms with van der Waals surface area (Å²) in [6.07, 6.45) is 7.88. The highest BCUT2D eigenvalue weighted by Gasteiger charge is 2.17. The summed E-state index contributed by atoms with van der Waals surface area (Å²) in [6, 6.07) is 9.67. The van der Waals surface area contributed by atoms with Crippen LogP contribution in [0.5, 0.6) is 0 Å². The number of amides is 1. The van der Waals surface area contributed by atoms with Crippen LogP contribution in [0.25, 0.3) is 0 Å². The molecule has 0 spiro atoms. The molecule has 1 saturated carbocycles. The third kappa shape index (κ3) is 4.97. The van der Waals surface area contributed by atoms with Gasteiger partial charge in [0, 0.05) is 6.04 Å². The highest BCUT2D eigenvalue weighted by atomic mass is 16.3. The van der Waals surface area contributed by atoms with Crippen molar-refractivity contribution in [2.45, 2.75) is 63.5 Å². The second-order valence-electron chi connectivity index (χ2n) is 5.74. The van der Waals surface area contributed by atoms with E-state index in [1.807, 2.05) is 30.3 Å². The second-order valence-corrected chi connectivity index (χ2v) is 5.74. The van der Waals surface area contributed by atoms with Crippen LogP contribution in [-0.2, 0) is 4.79 Å². The zero-order valence-corrected chi connectivity index (χ0v) is 12.1. The van der Waals surface area contributed by atoms with Crippen LogP contribution in [0.4, 0.5) is 0 Å². The number of carbonyl (C=O) groups excluding carboxylic acids is 1. The Morgan fingerprint density at radius 2 is 1.70 bits per heavy atom. The van der Waals surface area contributed by atoms with Gasteiger partial charge in [-0.1, -0.05) is 62.4 Å². The number of aliphatic hydroxyl groups excluding tert-OH is 1. The van der Waals surface area contributed by atoms with Crippen molar-refractivity contribution in [1.82, 2.24) is 5.32 Å². The van der Waals surface area contributed by atoms with Gasteiger partial charge in [-0.05, 0) is 18.4 Å². The molecule has 3 heteroatoms. The van der Waals surface area contributed by atoms with E-state index in [4.69, 9.17) is 0 Å². The summed E-state index contributed by atoms with van der Waals surface area (Å²) in [5.41, 5.74) is 0.806. The van der Waals surface area contributed by atoms with Gasteiger partial charge >= 0.3 is 0 Å². The topological polar surface area (TPSA) is 49.3 Å².